The molecule has 13 aromatic carbocycles. The van der Waals surface area contributed by atoms with Gasteiger partial charge in [-0.05, 0) is 156 Å². The highest BCUT2D eigenvalue weighted by Crippen LogP contribution is 2.50. The number of hydrogen-bond donors (Lipinski definition) is 0. The molecule has 0 amide bonds. The Morgan fingerprint density at radius 3 is 0.854 bits per heavy atom. The molecule has 382 valence electrons. The molecule has 0 atom stereocenters. The third-order valence-corrected chi connectivity index (χ3v) is 16.9. The van der Waals surface area contributed by atoms with Crippen molar-refractivity contribution in [3.8, 4) is 72.4 Å². The molecule has 0 spiro atoms. The zero-order valence-electron chi connectivity index (χ0n) is 44.9. The van der Waals surface area contributed by atoms with Gasteiger partial charge in [-0.1, -0.05) is 243 Å². The molecule has 4 heteroatoms. The standard InChI is InChI=1S/C78H52BN3/c1-7-23-53(24-8-1)59-39-41-70-74(49-59)81(65-45-61(55-27-11-3-12-28-55)43-62(46-65)56-29-13-4-14-30-56)76-51-67(80-72-37-21-19-35-68(72)69-36-20-22-38-73(69)80)52-77-78(76)79(70)71-42-40-60(54-25-9-2-10-26-54)50-75(71)82(77)66-47-63(57-31-15-5-16-32-57)44-64(48-66)58-33-17-6-18-34-58/h1-52H. The molecule has 2 aliphatic rings. The Morgan fingerprint density at radius 1 is 0.207 bits per heavy atom. The summed E-state index contributed by atoms with van der Waals surface area (Å²) in [5.74, 6) is 0. The van der Waals surface area contributed by atoms with E-state index in [0.29, 0.717) is 0 Å². The molecule has 1 aromatic heterocycles. The first-order valence-electron chi connectivity index (χ1n) is 28.3. The molecule has 0 fully saturated rings. The summed E-state index contributed by atoms with van der Waals surface area (Å²) in [6, 6.07) is 117. The number of benzene rings is 13. The summed E-state index contributed by atoms with van der Waals surface area (Å²) in [5, 5.41) is 2.44. The predicted octanol–water partition coefficient (Wildman–Crippen LogP) is 18.9. The van der Waals surface area contributed by atoms with Crippen LogP contribution in [0.4, 0.5) is 34.1 Å². The Morgan fingerprint density at radius 2 is 0.512 bits per heavy atom. The van der Waals surface area contributed by atoms with E-state index in [1.807, 2.05) is 0 Å². The van der Waals surface area contributed by atoms with E-state index >= 15 is 0 Å². The Kier molecular flexibility index (Phi) is 11.3. The maximum Gasteiger partial charge on any atom is 0.252 e. The van der Waals surface area contributed by atoms with Crippen molar-refractivity contribution in [3.05, 3.63) is 315 Å². The summed E-state index contributed by atoms with van der Waals surface area (Å²) in [4.78, 5) is 5.20. The minimum Gasteiger partial charge on any atom is -0.311 e. The number of anilines is 6. The Hall–Kier alpha value is -10.7. The molecule has 82 heavy (non-hydrogen) atoms. The SMILES string of the molecule is c1ccc(-c2cc(-c3ccccc3)cc(N3c4cc(-c5ccccc5)ccc4B4c5ccc(-c6ccccc6)cc5N(c5cc(-c6ccccc6)cc(-c6ccccc6)c5)c5cc(-n6c7ccccc7c7ccccc76)cc3c54)c2)cc1. The van der Waals surface area contributed by atoms with Crippen LogP contribution in [0.2, 0.25) is 0 Å². The number of aromatic nitrogens is 1. The first kappa shape index (κ1) is 47.3. The summed E-state index contributed by atoms with van der Waals surface area (Å²) in [7, 11) is 0. The van der Waals surface area contributed by atoms with Crippen LogP contribution in [0, 0.1) is 0 Å². The van der Waals surface area contributed by atoms with Crippen LogP contribution in [0.5, 0.6) is 0 Å². The van der Waals surface area contributed by atoms with Crippen LogP contribution in [0.3, 0.4) is 0 Å². The molecule has 0 bridgehead atoms. The van der Waals surface area contributed by atoms with Crippen molar-refractivity contribution in [2.45, 2.75) is 0 Å². The zero-order valence-corrected chi connectivity index (χ0v) is 44.9. The zero-order chi connectivity index (χ0) is 54.1. The maximum absolute atomic E-state index is 2.60. The molecule has 3 nitrogen and oxygen atoms in total. The predicted molar refractivity (Wildman–Crippen MR) is 347 cm³/mol. The van der Waals surface area contributed by atoms with Gasteiger partial charge in [0.1, 0.15) is 0 Å². The third-order valence-electron chi connectivity index (χ3n) is 16.9. The lowest BCUT2D eigenvalue weighted by atomic mass is 9.33. The van der Waals surface area contributed by atoms with Crippen molar-refractivity contribution in [2.75, 3.05) is 9.80 Å². The van der Waals surface area contributed by atoms with E-state index in [1.165, 1.54) is 38.3 Å². The van der Waals surface area contributed by atoms with Gasteiger partial charge in [0.15, 0.2) is 0 Å². The monoisotopic (exact) mass is 1040 g/mol. The molecular weight excluding hydrogens is 990 g/mol. The number of hydrogen-bond acceptors (Lipinski definition) is 2. The van der Waals surface area contributed by atoms with E-state index in [1.54, 1.807) is 0 Å². The average Bonchev–Trinajstić information content (AvgIpc) is 3.52. The highest BCUT2D eigenvalue weighted by Gasteiger charge is 2.44. The van der Waals surface area contributed by atoms with E-state index < -0.39 is 0 Å². The summed E-state index contributed by atoms with van der Waals surface area (Å²) >= 11 is 0. The van der Waals surface area contributed by atoms with Crippen LogP contribution >= 0.6 is 0 Å². The van der Waals surface area contributed by atoms with Gasteiger partial charge < -0.3 is 14.4 Å². The number of para-hydroxylation sites is 2. The molecule has 14 aromatic rings. The van der Waals surface area contributed by atoms with Crippen LogP contribution in [0.25, 0.3) is 94.3 Å². The van der Waals surface area contributed by atoms with E-state index in [9.17, 15) is 0 Å². The summed E-state index contributed by atoms with van der Waals surface area (Å²) < 4.78 is 2.50. The lowest BCUT2D eigenvalue weighted by Gasteiger charge is -2.45. The quantitative estimate of drug-likeness (QED) is 0.134. The number of nitrogens with zero attached hydrogens (tertiary/aromatic N) is 3. The van der Waals surface area contributed by atoms with Crippen molar-refractivity contribution < 1.29 is 0 Å². The van der Waals surface area contributed by atoms with E-state index in [-0.39, 0.29) is 6.71 Å². The summed E-state index contributed by atoms with van der Waals surface area (Å²) in [5.41, 5.74) is 27.8. The van der Waals surface area contributed by atoms with Gasteiger partial charge in [0, 0.05) is 44.9 Å². The van der Waals surface area contributed by atoms with E-state index in [4.69, 9.17) is 0 Å². The second-order valence-electron chi connectivity index (χ2n) is 21.7. The Bertz CT molecular complexity index is 4320. The molecule has 2 aliphatic heterocycles. The van der Waals surface area contributed by atoms with Crippen molar-refractivity contribution in [3.63, 3.8) is 0 Å². The minimum absolute atomic E-state index is 0.138. The number of rotatable bonds is 9. The Balaban J connectivity index is 1.07. The van der Waals surface area contributed by atoms with E-state index in [0.717, 1.165) is 106 Å². The largest absolute Gasteiger partial charge is 0.311 e. The van der Waals surface area contributed by atoms with Gasteiger partial charge in [0.2, 0.25) is 0 Å². The van der Waals surface area contributed by atoms with Gasteiger partial charge in [0.25, 0.3) is 6.71 Å². The molecule has 0 unspecified atom stereocenters. The van der Waals surface area contributed by atoms with Crippen LogP contribution in [0.15, 0.2) is 315 Å². The van der Waals surface area contributed by atoms with Gasteiger partial charge in [-0.25, -0.2) is 0 Å². The van der Waals surface area contributed by atoms with E-state index in [2.05, 4.69) is 330 Å². The van der Waals surface area contributed by atoms with Crippen molar-refractivity contribution in [1.82, 2.24) is 4.57 Å². The smallest absolute Gasteiger partial charge is 0.252 e. The maximum atomic E-state index is 2.60. The molecule has 0 saturated carbocycles. The second-order valence-corrected chi connectivity index (χ2v) is 21.7. The number of fused-ring (bicyclic) bond motifs is 7. The minimum atomic E-state index is -0.138. The van der Waals surface area contributed by atoms with Gasteiger partial charge in [-0.2, -0.15) is 0 Å². The topological polar surface area (TPSA) is 11.4 Å². The molecular formula is C78H52BN3. The lowest BCUT2D eigenvalue weighted by Crippen LogP contribution is -2.61. The molecule has 0 N–H and O–H groups in total. The first-order chi connectivity index (χ1) is 40.7. The van der Waals surface area contributed by atoms with Crippen LogP contribution in [0.1, 0.15) is 0 Å². The lowest BCUT2D eigenvalue weighted by molar-refractivity contribution is 1.16. The van der Waals surface area contributed by atoms with Crippen LogP contribution < -0.4 is 26.2 Å². The van der Waals surface area contributed by atoms with Gasteiger partial charge in [-0.3, -0.25) is 0 Å². The Labute approximate surface area is 478 Å². The fraction of sp³-hybridized carbons (Fsp3) is 0. The first-order valence-corrected chi connectivity index (χ1v) is 28.3. The van der Waals surface area contributed by atoms with Gasteiger partial charge >= 0.3 is 0 Å². The highest BCUT2D eigenvalue weighted by molar-refractivity contribution is 7.00. The van der Waals surface area contributed by atoms with Crippen LogP contribution in [-0.4, -0.2) is 11.3 Å². The van der Waals surface area contributed by atoms with Crippen molar-refractivity contribution in [2.24, 2.45) is 0 Å². The molecule has 0 saturated heterocycles. The molecule has 0 aliphatic carbocycles. The fourth-order valence-electron chi connectivity index (χ4n) is 13.2. The summed E-state index contributed by atoms with van der Waals surface area (Å²) in [6.07, 6.45) is 0. The van der Waals surface area contributed by atoms with Gasteiger partial charge in [-0.15, -0.1) is 0 Å². The normalized spacial score (nSPS) is 12.3. The van der Waals surface area contributed by atoms with Crippen molar-refractivity contribution in [1.29, 1.82) is 0 Å². The molecule has 0 radical (unpaired) electrons. The third kappa shape index (κ3) is 7.98. The molecule has 3 heterocycles. The fourth-order valence-corrected chi connectivity index (χ4v) is 13.2. The average molecular weight is 1040 g/mol. The summed E-state index contributed by atoms with van der Waals surface area (Å²) in [6.45, 7) is -0.138. The molecule has 16 rings (SSSR count). The second kappa shape index (κ2) is 19.6. The van der Waals surface area contributed by atoms with Crippen molar-refractivity contribution >= 4 is 79.0 Å². The highest BCUT2D eigenvalue weighted by atomic mass is 15.2. The van der Waals surface area contributed by atoms with Crippen LogP contribution in [-0.2, 0) is 0 Å². The van der Waals surface area contributed by atoms with Gasteiger partial charge in [0.05, 0.1) is 16.7 Å².